The van der Waals surface area contributed by atoms with E-state index in [9.17, 15) is 4.79 Å². The summed E-state index contributed by atoms with van der Waals surface area (Å²) in [6, 6.07) is 0.699. The van der Waals surface area contributed by atoms with Gasteiger partial charge in [0, 0.05) is 12.2 Å². The number of likely N-dealkylation sites (tertiary alicyclic amines) is 1. The Labute approximate surface area is 114 Å². The van der Waals surface area contributed by atoms with Gasteiger partial charge in [0.05, 0.1) is 0 Å². The fraction of sp³-hybridized carbons (Fsp3) is 0.786. The van der Waals surface area contributed by atoms with E-state index in [4.69, 9.17) is 5.73 Å². The summed E-state index contributed by atoms with van der Waals surface area (Å²) in [5, 5.41) is 7.75. The van der Waals surface area contributed by atoms with Gasteiger partial charge in [-0.2, -0.15) is 10.2 Å². The van der Waals surface area contributed by atoms with Crippen molar-refractivity contribution in [2.24, 2.45) is 16.0 Å². The Hall–Kier alpha value is -1.23. The molecule has 2 aliphatic rings. The molecule has 2 rings (SSSR count). The van der Waals surface area contributed by atoms with Crippen molar-refractivity contribution in [1.82, 2.24) is 4.90 Å². The average molecular weight is 264 g/mol. The number of unbranched alkanes of at least 4 members (excludes halogenated alkanes) is 2. The molecule has 19 heavy (non-hydrogen) atoms. The van der Waals surface area contributed by atoms with E-state index in [1.54, 1.807) is 12.3 Å². The number of nitrogens with two attached hydrogens (primary N) is 1. The Morgan fingerprint density at radius 2 is 2.21 bits per heavy atom. The van der Waals surface area contributed by atoms with Gasteiger partial charge in [0.2, 0.25) is 0 Å². The van der Waals surface area contributed by atoms with Crippen LogP contribution in [0.1, 0.15) is 45.4 Å². The van der Waals surface area contributed by atoms with Crippen LogP contribution in [0.3, 0.4) is 0 Å². The summed E-state index contributed by atoms with van der Waals surface area (Å²) in [6.45, 7) is 4.83. The van der Waals surface area contributed by atoms with E-state index in [0.717, 1.165) is 12.8 Å². The summed E-state index contributed by atoms with van der Waals surface area (Å²) in [4.78, 5) is 14.0. The zero-order valence-electron chi connectivity index (χ0n) is 11.7. The molecule has 5 nitrogen and oxygen atoms in total. The molecule has 0 aromatic carbocycles. The smallest absolute Gasteiger partial charge is 0.251 e. The number of hydrogen-bond donors (Lipinski definition) is 1. The zero-order chi connectivity index (χ0) is 13.7. The molecule has 2 aliphatic heterocycles. The second-order valence-corrected chi connectivity index (χ2v) is 5.66. The molecule has 2 heterocycles. The number of carbonyl (C=O) groups is 1. The van der Waals surface area contributed by atoms with Crippen LogP contribution in [0.2, 0.25) is 0 Å². The van der Waals surface area contributed by atoms with Crippen LogP contribution in [0.15, 0.2) is 22.5 Å². The van der Waals surface area contributed by atoms with Crippen molar-refractivity contribution in [2.75, 3.05) is 13.1 Å². The largest absolute Gasteiger partial charge is 0.367 e. The van der Waals surface area contributed by atoms with Crippen molar-refractivity contribution >= 4 is 5.91 Å². The van der Waals surface area contributed by atoms with Crippen molar-refractivity contribution in [3.8, 4) is 0 Å². The molecule has 0 aliphatic carbocycles. The Balaban J connectivity index is 1.62. The summed E-state index contributed by atoms with van der Waals surface area (Å²) in [5.74, 6) is -0.390. The first-order valence-electron chi connectivity index (χ1n) is 7.28. The van der Waals surface area contributed by atoms with E-state index in [-0.39, 0.29) is 5.91 Å². The number of carbonyl (C=O) groups excluding carboxylic acids is 1. The predicted octanol–water partition coefficient (Wildman–Crippen LogP) is 2.23. The lowest BCUT2D eigenvalue weighted by Crippen LogP contribution is -2.43. The standard InChI is InChI=1S/C14H24N4O/c1-12(18-10-5-11-18)6-3-2-4-7-14(13(15)19)8-9-16-17-14/h8-9,12H,2-7,10-11H2,1H3,(H2,15,19). The summed E-state index contributed by atoms with van der Waals surface area (Å²) in [5.41, 5.74) is 4.55. The van der Waals surface area contributed by atoms with Crippen molar-refractivity contribution in [1.29, 1.82) is 0 Å². The van der Waals surface area contributed by atoms with Gasteiger partial charge in [-0.3, -0.25) is 4.79 Å². The van der Waals surface area contributed by atoms with Crippen molar-refractivity contribution < 1.29 is 4.79 Å². The van der Waals surface area contributed by atoms with Crippen LogP contribution in [0.4, 0.5) is 0 Å². The van der Waals surface area contributed by atoms with Crippen LogP contribution in [0.25, 0.3) is 0 Å². The molecule has 2 atom stereocenters. The molecule has 5 heteroatoms. The van der Waals surface area contributed by atoms with E-state index in [1.165, 1.54) is 32.4 Å². The molecule has 2 N–H and O–H groups in total. The van der Waals surface area contributed by atoms with Crippen LogP contribution in [-0.2, 0) is 4.79 Å². The fourth-order valence-corrected chi connectivity index (χ4v) is 2.69. The van der Waals surface area contributed by atoms with Gasteiger partial charge >= 0.3 is 0 Å². The lowest BCUT2D eigenvalue weighted by Gasteiger charge is -2.36. The van der Waals surface area contributed by atoms with Gasteiger partial charge in [-0.15, -0.1) is 0 Å². The van der Waals surface area contributed by atoms with Crippen molar-refractivity contribution in [3.63, 3.8) is 0 Å². The third-order valence-electron chi connectivity index (χ3n) is 4.27. The molecular formula is C14H24N4O. The van der Waals surface area contributed by atoms with E-state index in [0.29, 0.717) is 12.5 Å². The minimum atomic E-state index is -0.858. The van der Waals surface area contributed by atoms with Crippen molar-refractivity contribution in [2.45, 2.75) is 57.0 Å². The Kier molecular flexibility index (Phi) is 4.69. The van der Waals surface area contributed by atoms with E-state index < -0.39 is 5.54 Å². The second kappa shape index (κ2) is 6.28. The highest BCUT2D eigenvalue weighted by Crippen LogP contribution is 2.26. The van der Waals surface area contributed by atoms with Crippen LogP contribution >= 0.6 is 0 Å². The maximum absolute atomic E-state index is 11.4. The minimum Gasteiger partial charge on any atom is -0.367 e. The van der Waals surface area contributed by atoms with E-state index in [1.807, 2.05) is 0 Å². The van der Waals surface area contributed by atoms with E-state index >= 15 is 0 Å². The first-order valence-corrected chi connectivity index (χ1v) is 7.28. The van der Waals surface area contributed by atoms with Gasteiger partial charge in [-0.05, 0) is 45.4 Å². The predicted molar refractivity (Wildman–Crippen MR) is 74.7 cm³/mol. The number of hydrogen-bond acceptors (Lipinski definition) is 4. The Bertz CT molecular complexity index is 362. The second-order valence-electron chi connectivity index (χ2n) is 5.66. The van der Waals surface area contributed by atoms with Gasteiger partial charge in [-0.25, -0.2) is 0 Å². The zero-order valence-corrected chi connectivity index (χ0v) is 11.7. The number of amides is 1. The monoisotopic (exact) mass is 264 g/mol. The van der Waals surface area contributed by atoms with Gasteiger partial charge in [0.15, 0.2) is 5.54 Å². The molecule has 1 saturated heterocycles. The first-order chi connectivity index (χ1) is 9.14. The first kappa shape index (κ1) is 14.2. The molecule has 1 amide bonds. The molecule has 1 fully saturated rings. The normalized spacial score (nSPS) is 27.4. The SMILES string of the molecule is CC(CCCCCC1(C(N)=O)C=CN=N1)N1CCC1. The maximum atomic E-state index is 11.4. The van der Waals surface area contributed by atoms with Gasteiger partial charge in [0.25, 0.3) is 5.91 Å². The maximum Gasteiger partial charge on any atom is 0.251 e. The summed E-state index contributed by atoms with van der Waals surface area (Å²) < 4.78 is 0. The van der Waals surface area contributed by atoms with Crippen LogP contribution in [0, 0.1) is 0 Å². The fourth-order valence-electron chi connectivity index (χ4n) is 2.69. The molecule has 0 radical (unpaired) electrons. The topological polar surface area (TPSA) is 71.0 Å². The van der Waals surface area contributed by atoms with E-state index in [2.05, 4.69) is 22.1 Å². The van der Waals surface area contributed by atoms with Crippen LogP contribution in [0.5, 0.6) is 0 Å². The third kappa shape index (κ3) is 3.41. The average Bonchev–Trinajstić information content (AvgIpc) is 2.76. The summed E-state index contributed by atoms with van der Waals surface area (Å²) >= 11 is 0. The molecular weight excluding hydrogens is 240 g/mol. The van der Waals surface area contributed by atoms with Crippen molar-refractivity contribution in [3.05, 3.63) is 12.3 Å². The van der Waals surface area contributed by atoms with Crippen LogP contribution < -0.4 is 5.73 Å². The quantitative estimate of drug-likeness (QED) is 0.683. The third-order valence-corrected chi connectivity index (χ3v) is 4.27. The Morgan fingerprint density at radius 3 is 2.74 bits per heavy atom. The molecule has 0 aromatic rings. The van der Waals surface area contributed by atoms with Gasteiger partial charge in [0.1, 0.15) is 0 Å². The molecule has 0 spiro atoms. The van der Waals surface area contributed by atoms with Crippen LogP contribution in [-0.4, -0.2) is 35.5 Å². The highest BCUT2D eigenvalue weighted by molar-refractivity contribution is 5.87. The number of nitrogens with zero attached hydrogens (tertiary/aromatic N) is 3. The number of azo groups is 1. The van der Waals surface area contributed by atoms with Gasteiger partial charge in [-0.1, -0.05) is 19.3 Å². The minimum absolute atomic E-state index is 0.390. The number of primary amides is 1. The molecule has 0 aromatic heterocycles. The molecule has 0 bridgehead atoms. The Morgan fingerprint density at radius 1 is 1.42 bits per heavy atom. The lowest BCUT2D eigenvalue weighted by atomic mass is 9.92. The van der Waals surface area contributed by atoms with Gasteiger partial charge < -0.3 is 10.6 Å². The summed E-state index contributed by atoms with van der Waals surface area (Å²) in [6.07, 6.45) is 9.85. The highest BCUT2D eigenvalue weighted by atomic mass is 16.1. The summed E-state index contributed by atoms with van der Waals surface area (Å²) in [7, 11) is 0. The number of rotatable bonds is 8. The lowest BCUT2D eigenvalue weighted by molar-refractivity contribution is -0.121. The molecule has 0 saturated carbocycles. The molecule has 2 unspecified atom stereocenters. The molecule has 106 valence electrons. The highest BCUT2D eigenvalue weighted by Gasteiger charge is 2.35.